The van der Waals surface area contributed by atoms with Crippen molar-refractivity contribution in [3.63, 3.8) is 0 Å². The lowest BCUT2D eigenvalue weighted by atomic mass is 9.88. The summed E-state index contributed by atoms with van der Waals surface area (Å²) in [4.78, 5) is 5.22. The first-order chi connectivity index (χ1) is 22.8. The van der Waals surface area contributed by atoms with E-state index < -0.39 is 0 Å². The fraction of sp³-hybridized carbons (Fsp3) is 0. The summed E-state index contributed by atoms with van der Waals surface area (Å²) >= 11 is 3.75. The highest BCUT2D eigenvalue weighted by molar-refractivity contribution is 7.99. The lowest BCUT2D eigenvalue weighted by Crippen LogP contribution is -1.93. The van der Waals surface area contributed by atoms with Gasteiger partial charge in [0.1, 0.15) is 0 Å². The van der Waals surface area contributed by atoms with Crippen molar-refractivity contribution in [1.29, 1.82) is 0 Å². The highest BCUT2D eigenvalue weighted by atomic mass is 32.2. The van der Waals surface area contributed by atoms with E-state index in [1.807, 2.05) is 23.1 Å². The number of hydrogen-bond acceptors (Lipinski definition) is 2. The molecule has 46 heavy (non-hydrogen) atoms. The van der Waals surface area contributed by atoms with Gasteiger partial charge in [0.05, 0.1) is 0 Å². The van der Waals surface area contributed by atoms with Crippen molar-refractivity contribution in [2.75, 3.05) is 0 Å². The molecule has 0 atom stereocenters. The molecule has 2 heterocycles. The number of thiophene rings is 1. The summed E-state index contributed by atoms with van der Waals surface area (Å²) in [5, 5.41) is 2.67. The normalized spacial score (nSPS) is 11.8. The van der Waals surface area contributed by atoms with Crippen LogP contribution in [0.25, 0.3) is 76.2 Å². The second kappa shape index (κ2) is 11.3. The maximum absolute atomic E-state index is 2.39. The number of rotatable bonds is 5. The lowest BCUT2D eigenvalue weighted by Gasteiger charge is -2.20. The van der Waals surface area contributed by atoms with Crippen molar-refractivity contribution in [2.45, 2.75) is 9.79 Å². The SMILES string of the molecule is c1ccc(-c2ccccc2-c2ccccc2-c2ccccc2-c2ccc(-c3ccc4c(c3)-c3cccc5cccc(c35)S4)s2)cc1. The van der Waals surface area contributed by atoms with Crippen molar-refractivity contribution in [3.8, 4) is 65.4 Å². The first kappa shape index (κ1) is 27.2. The molecule has 2 heteroatoms. The molecule has 0 fully saturated rings. The van der Waals surface area contributed by atoms with Crippen molar-refractivity contribution in [3.05, 3.63) is 170 Å². The highest BCUT2D eigenvalue weighted by Gasteiger charge is 2.20. The Labute approximate surface area is 277 Å². The van der Waals surface area contributed by atoms with E-state index in [1.54, 1.807) is 0 Å². The molecule has 0 radical (unpaired) electrons. The second-order valence-corrected chi connectivity index (χ2v) is 13.8. The molecule has 216 valence electrons. The first-order valence-corrected chi connectivity index (χ1v) is 17.2. The minimum Gasteiger partial charge on any atom is -0.135 e. The van der Waals surface area contributed by atoms with Crippen LogP contribution in [0, 0.1) is 0 Å². The summed E-state index contributed by atoms with van der Waals surface area (Å²) in [5.74, 6) is 0. The van der Waals surface area contributed by atoms with E-state index >= 15 is 0 Å². The summed E-state index contributed by atoms with van der Waals surface area (Å²) in [6.07, 6.45) is 0. The zero-order valence-corrected chi connectivity index (χ0v) is 26.6. The molecule has 0 bridgehead atoms. The zero-order valence-electron chi connectivity index (χ0n) is 25.0. The van der Waals surface area contributed by atoms with Crippen LogP contribution in [-0.4, -0.2) is 0 Å². The smallest absolute Gasteiger partial charge is 0.0355 e. The molecular weight excluding hydrogens is 593 g/mol. The van der Waals surface area contributed by atoms with Crippen molar-refractivity contribution in [2.24, 2.45) is 0 Å². The molecule has 1 aromatic heterocycles. The third-order valence-electron chi connectivity index (χ3n) is 8.96. The van der Waals surface area contributed by atoms with E-state index in [9.17, 15) is 0 Å². The molecule has 0 amide bonds. The summed E-state index contributed by atoms with van der Waals surface area (Å²) in [6.45, 7) is 0. The van der Waals surface area contributed by atoms with E-state index in [2.05, 4.69) is 170 Å². The maximum Gasteiger partial charge on any atom is 0.0355 e. The number of benzene rings is 7. The van der Waals surface area contributed by atoms with Gasteiger partial charge in [-0.25, -0.2) is 0 Å². The Morgan fingerprint density at radius 1 is 0.304 bits per heavy atom. The Kier molecular flexibility index (Phi) is 6.70. The summed E-state index contributed by atoms with van der Waals surface area (Å²) in [7, 11) is 0. The summed E-state index contributed by atoms with van der Waals surface area (Å²) in [6, 6.07) is 62.0. The molecule has 0 N–H and O–H groups in total. The van der Waals surface area contributed by atoms with Gasteiger partial charge in [-0.2, -0.15) is 0 Å². The van der Waals surface area contributed by atoms with Crippen LogP contribution in [0.1, 0.15) is 0 Å². The van der Waals surface area contributed by atoms with Gasteiger partial charge in [0.25, 0.3) is 0 Å². The molecule has 8 aromatic rings. The second-order valence-electron chi connectivity index (χ2n) is 11.6. The van der Waals surface area contributed by atoms with Gasteiger partial charge in [0, 0.05) is 24.9 Å². The molecule has 0 saturated heterocycles. The molecular formula is C44H28S2. The van der Waals surface area contributed by atoms with Crippen LogP contribution >= 0.6 is 23.1 Å². The van der Waals surface area contributed by atoms with Crippen LogP contribution in [0.3, 0.4) is 0 Å². The summed E-state index contributed by atoms with van der Waals surface area (Å²) < 4.78 is 0. The van der Waals surface area contributed by atoms with Crippen LogP contribution in [0.2, 0.25) is 0 Å². The van der Waals surface area contributed by atoms with E-state index in [1.165, 1.54) is 86.0 Å². The van der Waals surface area contributed by atoms with Crippen LogP contribution in [-0.2, 0) is 0 Å². The van der Waals surface area contributed by atoms with Crippen LogP contribution in [0.4, 0.5) is 0 Å². The Balaban J connectivity index is 1.13. The van der Waals surface area contributed by atoms with Gasteiger partial charge in [-0.1, -0.05) is 151 Å². The van der Waals surface area contributed by atoms with Gasteiger partial charge in [0.2, 0.25) is 0 Å². The molecule has 0 saturated carbocycles. The molecule has 1 aliphatic heterocycles. The largest absolute Gasteiger partial charge is 0.135 e. The van der Waals surface area contributed by atoms with E-state index in [4.69, 9.17) is 0 Å². The molecule has 9 rings (SSSR count). The van der Waals surface area contributed by atoms with Gasteiger partial charge in [-0.15, -0.1) is 11.3 Å². The minimum atomic E-state index is 1.23. The maximum atomic E-state index is 2.39. The highest BCUT2D eigenvalue weighted by Crippen LogP contribution is 2.50. The van der Waals surface area contributed by atoms with Crippen molar-refractivity contribution >= 4 is 33.9 Å². The molecule has 0 nitrogen and oxygen atoms in total. The monoisotopic (exact) mass is 620 g/mol. The van der Waals surface area contributed by atoms with E-state index in [-0.39, 0.29) is 0 Å². The number of fused-ring (bicyclic) bond motifs is 2. The molecule has 7 aromatic carbocycles. The minimum absolute atomic E-state index is 1.23. The predicted octanol–water partition coefficient (Wildman–Crippen LogP) is 13.4. The number of hydrogen-bond donors (Lipinski definition) is 0. The van der Waals surface area contributed by atoms with Crippen LogP contribution in [0.5, 0.6) is 0 Å². The van der Waals surface area contributed by atoms with E-state index in [0.29, 0.717) is 0 Å². The van der Waals surface area contributed by atoms with Crippen LogP contribution < -0.4 is 0 Å². The first-order valence-electron chi connectivity index (χ1n) is 15.6. The van der Waals surface area contributed by atoms with Gasteiger partial charge in [-0.3, -0.25) is 0 Å². The topological polar surface area (TPSA) is 0 Å². The Bertz CT molecular complexity index is 2390. The quantitative estimate of drug-likeness (QED) is 0.184. The molecule has 0 spiro atoms. The molecule has 1 aliphatic rings. The lowest BCUT2D eigenvalue weighted by molar-refractivity contribution is 1.40. The van der Waals surface area contributed by atoms with Gasteiger partial charge in [0.15, 0.2) is 0 Å². The van der Waals surface area contributed by atoms with Crippen molar-refractivity contribution in [1.82, 2.24) is 0 Å². The van der Waals surface area contributed by atoms with Crippen LogP contribution in [0.15, 0.2) is 180 Å². The van der Waals surface area contributed by atoms with E-state index in [0.717, 1.165) is 0 Å². The van der Waals surface area contributed by atoms with Gasteiger partial charge < -0.3 is 0 Å². The fourth-order valence-electron chi connectivity index (χ4n) is 6.83. The fourth-order valence-corrected chi connectivity index (χ4v) is 9.00. The third-order valence-corrected chi connectivity index (χ3v) is 11.3. The van der Waals surface area contributed by atoms with Gasteiger partial charge >= 0.3 is 0 Å². The average Bonchev–Trinajstić information content (AvgIpc) is 3.63. The average molecular weight is 621 g/mol. The zero-order chi connectivity index (χ0) is 30.5. The third kappa shape index (κ3) is 4.61. The summed E-state index contributed by atoms with van der Waals surface area (Å²) in [5.41, 5.74) is 12.6. The Morgan fingerprint density at radius 2 is 0.870 bits per heavy atom. The standard InChI is InChI=1S/C44H28S2/c1-2-12-29(13-3-1)32-16-4-5-17-33(32)34-18-6-7-19-35(34)36-20-8-9-21-37(36)41-27-26-40(45-41)31-24-25-42-39(28-31)38-22-10-14-30-15-11-23-43(46-42)44(30)38/h1-28H. The van der Waals surface area contributed by atoms with Crippen molar-refractivity contribution < 1.29 is 0 Å². The molecule has 0 unspecified atom stereocenters. The van der Waals surface area contributed by atoms with Gasteiger partial charge in [-0.05, 0) is 91.4 Å². The predicted molar refractivity (Wildman–Crippen MR) is 199 cm³/mol. The Morgan fingerprint density at radius 3 is 1.61 bits per heavy atom. The molecule has 0 aliphatic carbocycles. The Hall–Kier alpha value is -5.15.